The normalized spacial score (nSPS) is 15.9. The van der Waals surface area contributed by atoms with E-state index < -0.39 is 18.1 Å². The molecule has 0 saturated heterocycles. The summed E-state index contributed by atoms with van der Waals surface area (Å²) in [6.45, 7) is 1.99. The molecule has 0 fully saturated rings. The third-order valence-electron chi connectivity index (χ3n) is 1.55. The molecule has 0 heterocycles. The fraction of sp³-hybridized carbons (Fsp3) is 0.857. The van der Waals surface area contributed by atoms with E-state index in [0.29, 0.717) is 6.42 Å². The highest BCUT2D eigenvalue weighted by molar-refractivity contribution is 5.72. The second-order valence-corrected chi connectivity index (χ2v) is 2.59. The van der Waals surface area contributed by atoms with Crippen LogP contribution in [0.5, 0.6) is 0 Å². The predicted octanol–water partition coefficient (Wildman–Crippen LogP) is -0.0506. The van der Waals surface area contributed by atoms with Crippen LogP contribution in [-0.2, 0) is 4.79 Å². The lowest BCUT2D eigenvalue weighted by molar-refractivity contribution is -0.147. The van der Waals surface area contributed by atoms with Crippen molar-refractivity contribution in [3.8, 4) is 0 Å². The third-order valence-corrected chi connectivity index (χ3v) is 1.55. The molecule has 4 N–H and O–H groups in total. The van der Waals surface area contributed by atoms with Crippen molar-refractivity contribution in [3.05, 3.63) is 0 Å². The number of carboxylic acids is 1. The number of rotatable bonds is 5. The van der Waals surface area contributed by atoms with Crippen LogP contribution in [0.3, 0.4) is 0 Å². The van der Waals surface area contributed by atoms with E-state index in [2.05, 4.69) is 0 Å². The van der Waals surface area contributed by atoms with E-state index in [1.54, 1.807) is 0 Å². The molecular weight excluding hydrogens is 146 g/mol. The monoisotopic (exact) mass is 161 g/mol. The summed E-state index contributed by atoms with van der Waals surface area (Å²) in [6, 6.07) is -0.632. The molecule has 0 aliphatic rings. The lowest BCUT2D eigenvalue weighted by Crippen LogP contribution is -2.40. The van der Waals surface area contributed by atoms with Crippen molar-refractivity contribution in [2.24, 2.45) is 5.73 Å². The van der Waals surface area contributed by atoms with Crippen molar-refractivity contribution in [2.45, 2.75) is 38.3 Å². The minimum Gasteiger partial charge on any atom is -0.479 e. The van der Waals surface area contributed by atoms with Crippen LogP contribution in [0.2, 0.25) is 0 Å². The number of carbonyl (C=O) groups is 1. The van der Waals surface area contributed by atoms with Crippen molar-refractivity contribution in [1.29, 1.82) is 0 Å². The van der Waals surface area contributed by atoms with Crippen LogP contribution < -0.4 is 5.73 Å². The zero-order valence-electron chi connectivity index (χ0n) is 6.66. The first kappa shape index (κ1) is 10.4. The molecule has 0 rings (SSSR count). The maximum absolute atomic E-state index is 10.2. The summed E-state index contributed by atoms with van der Waals surface area (Å²) in [5, 5.41) is 17.2. The average Bonchev–Trinajstić information content (AvgIpc) is 1.98. The summed E-state index contributed by atoms with van der Waals surface area (Å²) in [4.78, 5) is 10.2. The van der Waals surface area contributed by atoms with Gasteiger partial charge in [-0.05, 0) is 6.42 Å². The third kappa shape index (κ3) is 3.95. The van der Waals surface area contributed by atoms with Gasteiger partial charge in [-0.1, -0.05) is 19.8 Å². The molecule has 66 valence electrons. The fourth-order valence-corrected chi connectivity index (χ4v) is 0.781. The summed E-state index contributed by atoms with van der Waals surface area (Å²) >= 11 is 0. The number of unbranched alkanes of at least 4 members (excludes halogenated alkanes) is 1. The highest BCUT2D eigenvalue weighted by Crippen LogP contribution is 2.02. The van der Waals surface area contributed by atoms with Crippen LogP contribution in [0.15, 0.2) is 0 Å². The topological polar surface area (TPSA) is 83.5 Å². The molecule has 0 aliphatic carbocycles. The maximum atomic E-state index is 10.2. The van der Waals surface area contributed by atoms with Crippen LogP contribution in [-0.4, -0.2) is 28.3 Å². The molecule has 11 heavy (non-hydrogen) atoms. The number of nitrogens with two attached hydrogens (primary N) is 1. The van der Waals surface area contributed by atoms with Gasteiger partial charge in [0, 0.05) is 6.04 Å². The van der Waals surface area contributed by atoms with Gasteiger partial charge in [0.1, 0.15) is 0 Å². The molecule has 0 aromatic carbocycles. The van der Waals surface area contributed by atoms with Gasteiger partial charge < -0.3 is 15.9 Å². The van der Waals surface area contributed by atoms with Gasteiger partial charge in [0.05, 0.1) is 0 Å². The van der Waals surface area contributed by atoms with Crippen molar-refractivity contribution in [2.75, 3.05) is 0 Å². The highest BCUT2D eigenvalue weighted by Gasteiger charge is 2.20. The Kier molecular flexibility index (Phi) is 4.81. The summed E-state index contributed by atoms with van der Waals surface area (Å²) < 4.78 is 0. The SMILES string of the molecule is CCCC[C@@H](N)[C@@H](O)C(=O)O. The highest BCUT2D eigenvalue weighted by atomic mass is 16.4. The Balaban J connectivity index is 3.63. The molecule has 0 aromatic heterocycles. The van der Waals surface area contributed by atoms with Gasteiger partial charge >= 0.3 is 5.97 Å². The first-order chi connectivity index (χ1) is 5.09. The number of hydrogen-bond acceptors (Lipinski definition) is 3. The Hall–Kier alpha value is -0.610. The first-order valence-electron chi connectivity index (χ1n) is 3.76. The number of aliphatic carboxylic acids is 1. The van der Waals surface area contributed by atoms with E-state index in [1.165, 1.54) is 0 Å². The predicted molar refractivity (Wildman–Crippen MR) is 41.1 cm³/mol. The van der Waals surface area contributed by atoms with E-state index in [0.717, 1.165) is 12.8 Å². The van der Waals surface area contributed by atoms with Crippen LogP contribution >= 0.6 is 0 Å². The summed E-state index contributed by atoms with van der Waals surface area (Å²) in [5.41, 5.74) is 5.37. The minimum absolute atomic E-state index is 0.559. The van der Waals surface area contributed by atoms with Gasteiger partial charge in [-0.3, -0.25) is 0 Å². The standard InChI is InChI=1S/C7H15NO3/c1-2-3-4-5(8)6(9)7(10)11/h5-6,9H,2-4,8H2,1H3,(H,10,11)/t5-,6-/m1/s1. The lowest BCUT2D eigenvalue weighted by Gasteiger charge is -2.13. The van der Waals surface area contributed by atoms with Crippen LogP contribution in [0, 0.1) is 0 Å². The van der Waals surface area contributed by atoms with Gasteiger partial charge in [0.2, 0.25) is 0 Å². The quantitative estimate of drug-likeness (QED) is 0.528. The largest absolute Gasteiger partial charge is 0.479 e. The van der Waals surface area contributed by atoms with E-state index >= 15 is 0 Å². The summed E-state index contributed by atoms with van der Waals surface area (Å²) in [7, 11) is 0. The van der Waals surface area contributed by atoms with Gasteiger partial charge in [-0.2, -0.15) is 0 Å². The van der Waals surface area contributed by atoms with Gasteiger partial charge in [-0.25, -0.2) is 4.79 Å². The molecule has 0 amide bonds. The van der Waals surface area contributed by atoms with Crippen molar-refractivity contribution in [1.82, 2.24) is 0 Å². The molecule has 0 bridgehead atoms. The van der Waals surface area contributed by atoms with Crippen molar-refractivity contribution >= 4 is 5.97 Å². The zero-order valence-corrected chi connectivity index (χ0v) is 6.66. The molecule has 4 heteroatoms. The molecule has 0 aromatic rings. The smallest absolute Gasteiger partial charge is 0.334 e. The number of aliphatic hydroxyl groups excluding tert-OH is 1. The van der Waals surface area contributed by atoms with Crippen molar-refractivity contribution in [3.63, 3.8) is 0 Å². The molecule has 0 aliphatic heterocycles. The number of aliphatic hydroxyl groups is 1. The Bertz CT molecular complexity index is 127. The molecule has 0 radical (unpaired) electrons. The molecular formula is C7H15NO3. The Morgan fingerprint density at radius 1 is 1.64 bits per heavy atom. The molecule has 0 saturated carbocycles. The first-order valence-corrected chi connectivity index (χ1v) is 3.76. The van der Waals surface area contributed by atoms with E-state index in [9.17, 15) is 4.79 Å². The van der Waals surface area contributed by atoms with E-state index in [4.69, 9.17) is 15.9 Å². The average molecular weight is 161 g/mol. The van der Waals surface area contributed by atoms with Crippen LogP contribution in [0.25, 0.3) is 0 Å². The number of hydrogen-bond donors (Lipinski definition) is 3. The molecule has 2 atom stereocenters. The second kappa shape index (κ2) is 5.09. The second-order valence-electron chi connectivity index (χ2n) is 2.59. The minimum atomic E-state index is -1.42. The molecule has 4 nitrogen and oxygen atoms in total. The maximum Gasteiger partial charge on any atom is 0.334 e. The number of carboxylic acid groups (broad SMARTS) is 1. The Morgan fingerprint density at radius 3 is 2.55 bits per heavy atom. The Morgan fingerprint density at radius 2 is 2.18 bits per heavy atom. The van der Waals surface area contributed by atoms with E-state index in [1.807, 2.05) is 6.92 Å². The summed E-state index contributed by atoms with van der Waals surface area (Å²) in [5.74, 6) is -1.24. The fourth-order valence-electron chi connectivity index (χ4n) is 0.781. The van der Waals surface area contributed by atoms with Crippen LogP contribution in [0.1, 0.15) is 26.2 Å². The summed E-state index contributed by atoms with van der Waals surface area (Å²) in [6.07, 6.45) is 0.955. The zero-order chi connectivity index (χ0) is 8.85. The van der Waals surface area contributed by atoms with Crippen molar-refractivity contribution < 1.29 is 15.0 Å². The van der Waals surface area contributed by atoms with Gasteiger partial charge in [0.25, 0.3) is 0 Å². The van der Waals surface area contributed by atoms with Gasteiger partial charge in [-0.15, -0.1) is 0 Å². The molecule has 0 unspecified atom stereocenters. The Labute approximate surface area is 66.0 Å². The lowest BCUT2D eigenvalue weighted by atomic mass is 10.1. The molecule has 0 spiro atoms. The van der Waals surface area contributed by atoms with Gasteiger partial charge in [0.15, 0.2) is 6.10 Å². The van der Waals surface area contributed by atoms with E-state index in [-0.39, 0.29) is 0 Å². The van der Waals surface area contributed by atoms with Crippen LogP contribution in [0.4, 0.5) is 0 Å².